The summed E-state index contributed by atoms with van der Waals surface area (Å²) in [5.74, 6) is -2.44. The number of carbonyl (C=O) groups is 2. The summed E-state index contributed by atoms with van der Waals surface area (Å²) in [6.07, 6.45) is -5.52. The predicted octanol–water partition coefficient (Wildman–Crippen LogP) is 2.83. The van der Waals surface area contributed by atoms with Crippen LogP contribution in [0.2, 0.25) is 0 Å². The van der Waals surface area contributed by atoms with Gasteiger partial charge in [0, 0.05) is 13.1 Å². The maximum Gasteiger partial charge on any atom is 0.406 e. The van der Waals surface area contributed by atoms with Gasteiger partial charge in [0.05, 0.1) is 5.41 Å². The first-order valence-electron chi connectivity index (χ1n) is 7.17. The van der Waals surface area contributed by atoms with Crippen LogP contribution < -0.4 is 0 Å². The molecular formula is C16H18F3NO3. The van der Waals surface area contributed by atoms with Gasteiger partial charge in [0.2, 0.25) is 5.91 Å². The number of likely N-dealkylation sites (tertiary alicyclic amines) is 1. The predicted molar refractivity (Wildman–Crippen MR) is 76.8 cm³/mol. The number of alkyl halides is 3. The van der Waals surface area contributed by atoms with Crippen molar-refractivity contribution in [3.05, 3.63) is 35.9 Å². The van der Waals surface area contributed by atoms with Gasteiger partial charge in [-0.2, -0.15) is 13.2 Å². The molecule has 1 fully saturated rings. The van der Waals surface area contributed by atoms with Gasteiger partial charge in [0.25, 0.3) is 0 Å². The fourth-order valence-corrected chi connectivity index (χ4v) is 2.88. The van der Waals surface area contributed by atoms with Crippen LogP contribution in [-0.4, -0.2) is 41.1 Å². The Kier molecular flexibility index (Phi) is 4.17. The van der Waals surface area contributed by atoms with Gasteiger partial charge in [-0.1, -0.05) is 30.3 Å². The number of hydrogen-bond acceptors (Lipinski definition) is 2. The molecule has 1 heterocycles. The Morgan fingerprint density at radius 1 is 1.17 bits per heavy atom. The van der Waals surface area contributed by atoms with E-state index in [9.17, 15) is 22.8 Å². The van der Waals surface area contributed by atoms with Crippen LogP contribution in [0.3, 0.4) is 0 Å². The Balaban J connectivity index is 2.28. The maximum absolute atomic E-state index is 13.2. The molecular weight excluding hydrogens is 311 g/mol. The van der Waals surface area contributed by atoms with Crippen LogP contribution in [0.1, 0.15) is 25.8 Å². The minimum Gasteiger partial charge on any atom is -0.481 e. The molecule has 0 radical (unpaired) electrons. The molecule has 2 rings (SSSR count). The van der Waals surface area contributed by atoms with E-state index < -0.39 is 41.8 Å². The fraction of sp³-hybridized carbons (Fsp3) is 0.500. The fourth-order valence-electron chi connectivity index (χ4n) is 2.88. The molecule has 1 aliphatic heterocycles. The van der Waals surface area contributed by atoms with E-state index in [2.05, 4.69) is 0 Å². The van der Waals surface area contributed by atoms with Gasteiger partial charge < -0.3 is 10.0 Å². The number of amides is 1. The zero-order chi connectivity index (χ0) is 17.5. The number of carboxylic acids is 1. The standard InChI is InChI=1S/C16H18F3NO3/c1-14(2,11-6-4-3-5-7-11)12(21)20-9-8-15(10-20,13(22)23)16(17,18)19/h3-7H,8-10H2,1-2H3,(H,22,23). The zero-order valence-corrected chi connectivity index (χ0v) is 12.9. The second kappa shape index (κ2) is 5.54. The van der Waals surface area contributed by atoms with Crippen molar-refractivity contribution in [3.8, 4) is 0 Å². The van der Waals surface area contributed by atoms with E-state index in [0.717, 1.165) is 4.90 Å². The molecule has 0 bridgehead atoms. The van der Waals surface area contributed by atoms with Crippen molar-refractivity contribution in [3.63, 3.8) is 0 Å². The lowest BCUT2D eigenvalue weighted by molar-refractivity contribution is -0.227. The number of halogens is 3. The van der Waals surface area contributed by atoms with Gasteiger partial charge in [-0.3, -0.25) is 9.59 Å². The van der Waals surface area contributed by atoms with Gasteiger partial charge in [-0.25, -0.2) is 0 Å². The highest BCUT2D eigenvalue weighted by Gasteiger charge is 2.64. The summed E-state index contributed by atoms with van der Waals surface area (Å²) >= 11 is 0. The number of aliphatic carboxylic acids is 1. The van der Waals surface area contributed by atoms with Crippen molar-refractivity contribution < 1.29 is 27.9 Å². The molecule has 126 valence electrons. The SMILES string of the molecule is CC(C)(C(=O)N1CCC(C(=O)O)(C(F)(F)F)C1)c1ccccc1. The molecule has 0 aromatic heterocycles. The Morgan fingerprint density at radius 3 is 2.17 bits per heavy atom. The smallest absolute Gasteiger partial charge is 0.406 e. The molecule has 0 saturated carbocycles. The van der Waals surface area contributed by atoms with E-state index in [4.69, 9.17) is 5.11 Å². The van der Waals surface area contributed by atoms with Crippen LogP contribution >= 0.6 is 0 Å². The van der Waals surface area contributed by atoms with E-state index in [1.807, 2.05) is 0 Å². The third-order valence-corrected chi connectivity index (χ3v) is 4.54. The highest BCUT2D eigenvalue weighted by molar-refractivity contribution is 5.89. The molecule has 1 saturated heterocycles. The van der Waals surface area contributed by atoms with Crippen LogP contribution in [0.25, 0.3) is 0 Å². The van der Waals surface area contributed by atoms with Crippen molar-refractivity contribution in [1.29, 1.82) is 0 Å². The summed E-state index contributed by atoms with van der Waals surface area (Å²) in [5, 5.41) is 9.06. The summed E-state index contributed by atoms with van der Waals surface area (Å²) in [4.78, 5) is 24.9. The maximum atomic E-state index is 13.2. The minimum atomic E-state index is -4.90. The summed E-state index contributed by atoms with van der Waals surface area (Å²) < 4.78 is 39.6. The molecule has 1 unspecified atom stereocenters. The largest absolute Gasteiger partial charge is 0.481 e. The second-order valence-corrected chi connectivity index (χ2v) is 6.35. The zero-order valence-electron chi connectivity index (χ0n) is 12.9. The lowest BCUT2D eigenvalue weighted by Crippen LogP contribution is -2.49. The first-order valence-corrected chi connectivity index (χ1v) is 7.17. The summed E-state index contributed by atoms with van der Waals surface area (Å²) in [7, 11) is 0. The summed E-state index contributed by atoms with van der Waals surface area (Å²) in [5.41, 5.74) is -3.23. The van der Waals surface area contributed by atoms with Crippen molar-refractivity contribution in [1.82, 2.24) is 4.90 Å². The van der Waals surface area contributed by atoms with Crippen LogP contribution in [0, 0.1) is 5.41 Å². The summed E-state index contributed by atoms with van der Waals surface area (Å²) in [6.45, 7) is 2.18. The van der Waals surface area contributed by atoms with Gasteiger partial charge in [0.15, 0.2) is 5.41 Å². The van der Waals surface area contributed by atoms with E-state index in [0.29, 0.717) is 5.56 Å². The number of benzene rings is 1. The Labute approximate surface area is 131 Å². The molecule has 23 heavy (non-hydrogen) atoms. The third kappa shape index (κ3) is 2.80. The van der Waals surface area contributed by atoms with Crippen LogP contribution in [0.15, 0.2) is 30.3 Å². The number of carbonyl (C=O) groups excluding carboxylic acids is 1. The quantitative estimate of drug-likeness (QED) is 0.928. The van der Waals surface area contributed by atoms with Crippen LogP contribution in [0.4, 0.5) is 13.2 Å². The minimum absolute atomic E-state index is 0.221. The van der Waals surface area contributed by atoms with Gasteiger partial charge in [-0.15, -0.1) is 0 Å². The highest BCUT2D eigenvalue weighted by atomic mass is 19.4. The normalized spacial score (nSPS) is 22.2. The molecule has 0 spiro atoms. The molecule has 1 aromatic carbocycles. The second-order valence-electron chi connectivity index (χ2n) is 6.35. The molecule has 1 N–H and O–H groups in total. The molecule has 4 nitrogen and oxygen atoms in total. The number of nitrogens with zero attached hydrogens (tertiary/aromatic N) is 1. The van der Waals surface area contributed by atoms with Crippen LogP contribution in [0.5, 0.6) is 0 Å². The van der Waals surface area contributed by atoms with E-state index in [-0.39, 0.29) is 6.54 Å². The molecule has 1 atom stereocenters. The number of rotatable bonds is 3. The Bertz CT molecular complexity index is 613. The third-order valence-electron chi connectivity index (χ3n) is 4.54. The topological polar surface area (TPSA) is 57.6 Å². The van der Waals surface area contributed by atoms with Gasteiger partial charge in [-0.05, 0) is 25.8 Å². The van der Waals surface area contributed by atoms with E-state index in [1.54, 1.807) is 44.2 Å². The molecule has 1 aliphatic rings. The first kappa shape index (κ1) is 17.3. The Morgan fingerprint density at radius 2 is 1.74 bits per heavy atom. The van der Waals surface area contributed by atoms with Crippen molar-refractivity contribution >= 4 is 11.9 Å². The average Bonchev–Trinajstić information content (AvgIpc) is 2.93. The molecule has 0 aliphatic carbocycles. The lowest BCUT2D eigenvalue weighted by Gasteiger charge is -2.31. The lowest BCUT2D eigenvalue weighted by atomic mass is 9.83. The van der Waals surface area contributed by atoms with E-state index >= 15 is 0 Å². The van der Waals surface area contributed by atoms with Crippen molar-refractivity contribution in [2.24, 2.45) is 5.41 Å². The monoisotopic (exact) mass is 329 g/mol. The molecule has 7 heteroatoms. The van der Waals surface area contributed by atoms with Crippen molar-refractivity contribution in [2.45, 2.75) is 31.9 Å². The van der Waals surface area contributed by atoms with Crippen molar-refractivity contribution in [2.75, 3.05) is 13.1 Å². The van der Waals surface area contributed by atoms with Gasteiger partial charge >= 0.3 is 12.1 Å². The number of hydrogen-bond donors (Lipinski definition) is 1. The number of carboxylic acid groups (broad SMARTS) is 1. The molecule has 1 amide bonds. The molecule has 1 aromatic rings. The van der Waals surface area contributed by atoms with Gasteiger partial charge in [0.1, 0.15) is 0 Å². The average molecular weight is 329 g/mol. The summed E-state index contributed by atoms with van der Waals surface area (Å²) in [6, 6.07) is 8.71. The van der Waals surface area contributed by atoms with E-state index in [1.165, 1.54) is 0 Å². The first-order chi connectivity index (χ1) is 10.5. The highest BCUT2D eigenvalue weighted by Crippen LogP contribution is 2.46. The Hall–Kier alpha value is -2.05. The van der Waals surface area contributed by atoms with Crippen LogP contribution in [-0.2, 0) is 15.0 Å².